The number of hydrogen-bond acceptors (Lipinski definition) is 1. The normalized spacial score (nSPS) is 32.4. The molecule has 1 nitrogen and oxygen atoms in total. The van der Waals surface area contributed by atoms with Gasteiger partial charge < -0.3 is 0 Å². The Bertz CT molecular complexity index is 541. The van der Waals surface area contributed by atoms with Crippen LogP contribution in [0.2, 0.25) is 5.02 Å². The Kier molecular flexibility index (Phi) is 2.86. The molecule has 1 aromatic rings. The molecule has 2 heteroatoms. The van der Waals surface area contributed by atoms with E-state index in [1.54, 1.807) is 0 Å². The molecule has 0 N–H and O–H groups in total. The molecule has 0 radical (unpaired) electrons. The van der Waals surface area contributed by atoms with Gasteiger partial charge >= 0.3 is 0 Å². The van der Waals surface area contributed by atoms with Crippen molar-refractivity contribution in [3.8, 4) is 0 Å². The Hall–Kier alpha value is -1.08. The molecule has 2 bridgehead atoms. The minimum Gasteiger partial charge on any atom is -0.299 e. The molecule has 0 amide bonds. The van der Waals surface area contributed by atoms with Crippen LogP contribution in [-0.2, 0) is 4.79 Å². The van der Waals surface area contributed by atoms with Gasteiger partial charge in [0.15, 0.2) is 0 Å². The third kappa shape index (κ3) is 1.79. The lowest BCUT2D eigenvalue weighted by molar-refractivity contribution is -0.126. The van der Waals surface area contributed by atoms with Crippen LogP contribution in [0.1, 0.15) is 38.7 Å². The summed E-state index contributed by atoms with van der Waals surface area (Å²) in [7, 11) is 0. The number of allylic oxidation sites excluding steroid dienone is 1. The highest BCUT2D eigenvalue weighted by molar-refractivity contribution is 6.30. The van der Waals surface area contributed by atoms with Gasteiger partial charge in [0.25, 0.3) is 0 Å². The van der Waals surface area contributed by atoms with Crippen molar-refractivity contribution in [2.45, 2.75) is 33.1 Å². The molecule has 2 saturated carbocycles. The van der Waals surface area contributed by atoms with E-state index in [9.17, 15) is 4.79 Å². The molecular formula is C17H19ClO. The Morgan fingerprint density at radius 3 is 2.47 bits per heavy atom. The number of carbonyl (C=O) groups is 1. The first-order valence-electron chi connectivity index (χ1n) is 6.94. The molecule has 0 aliphatic heterocycles. The fourth-order valence-corrected chi connectivity index (χ4v) is 4.04. The van der Waals surface area contributed by atoms with Crippen molar-refractivity contribution in [1.82, 2.24) is 0 Å². The van der Waals surface area contributed by atoms with E-state index in [1.165, 1.54) is 6.42 Å². The third-order valence-electron chi connectivity index (χ3n) is 5.42. The van der Waals surface area contributed by atoms with Crippen molar-refractivity contribution in [2.75, 3.05) is 0 Å². The molecule has 2 aliphatic rings. The summed E-state index contributed by atoms with van der Waals surface area (Å²) >= 11 is 5.89. The van der Waals surface area contributed by atoms with Crippen LogP contribution >= 0.6 is 11.6 Å². The van der Waals surface area contributed by atoms with Crippen molar-refractivity contribution in [3.05, 3.63) is 40.9 Å². The number of carbonyl (C=O) groups excluding carboxylic acids is 1. The van der Waals surface area contributed by atoms with Crippen LogP contribution in [0.5, 0.6) is 0 Å². The van der Waals surface area contributed by atoms with Gasteiger partial charge in [-0.25, -0.2) is 0 Å². The highest BCUT2D eigenvalue weighted by Crippen LogP contribution is 2.64. The van der Waals surface area contributed by atoms with Crippen molar-refractivity contribution < 1.29 is 4.79 Å². The maximum atomic E-state index is 12.4. The van der Waals surface area contributed by atoms with E-state index in [2.05, 4.69) is 26.0 Å². The largest absolute Gasteiger partial charge is 0.299 e. The fraction of sp³-hybridized carbons (Fsp3) is 0.471. The van der Waals surface area contributed by atoms with Gasteiger partial charge in [0, 0.05) is 11.4 Å². The quantitative estimate of drug-likeness (QED) is 0.761. The van der Waals surface area contributed by atoms with Gasteiger partial charge in [-0.2, -0.15) is 0 Å². The summed E-state index contributed by atoms with van der Waals surface area (Å²) in [6, 6.07) is 7.76. The minimum absolute atomic E-state index is 0.104. The summed E-state index contributed by atoms with van der Waals surface area (Å²) in [5.74, 6) is 0.994. The first-order chi connectivity index (χ1) is 8.96. The highest BCUT2D eigenvalue weighted by atomic mass is 35.5. The van der Waals surface area contributed by atoms with Gasteiger partial charge in [0.1, 0.15) is 5.78 Å². The average molecular weight is 275 g/mol. The lowest BCUT2D eigenvalue weighted by atomic mass is 9.68. The Morgan fingerprint density at radius 1 is 1.26 bits per heavy atom. The van der Waals surface area contributed by atoms with E-state index in [1.807, 2.05) is 24.3 Å². The van der Waals surface area contributed by atoms with Gasteiger partial charge in [-0.15, -0.1) is 0 Å². The van der Waals surface area contributed by atoms with Crippen LogP contribution in [0.25, 0.3) is 6.08 Å². The SMILES string of the molecule is CC1(C)C2CCC1(C=Cc1ccc(Cl)cc1)C(=O)C2. The van der Waals surface area contributed by atoms with Crippen LogP contribution in [0.15, 0.2) is 30.3 Å². The van der Waals surface area contributed by atoms with E-state index >= 15 is 0 Å². The smallest absolute Gasteiger partial charge is 0.143 e. The zero-order valence-electron chi connectivity index (χ0n) is 11.4. The molecule has 1 aromatic carbocycles. The van der Waals surface area contributed by atoms with Crippen molar-refractivity contribution in [2.24, 2.45) is 16.7 Å². The van der Waals surface area contributed by atoms with E-state index in [0.717, 1.165) is 23.4 Å². The summed E-state index contributed by atoms with van der Waals surface area (Å²) < 4.78 is 0. The van der Waals surface area contributed by atoms with Gasteiger partial charge in [-0.3, -0.25) is 4.79 Å². The summed E-state index contributed by atoms with van der Waals surface area (Å²) in [4.78, 5) is 12.4. The number of hydrogen-bond donors (Lipinski definition) is 0. The van der Waals surface area contributed by atoms with Crippen LogP contribution in [0.3, 0.4) is 0 Å². The predicted molar refractivity (Wildman–Crippen MR) is 79.0 cm³/mol. The molecule has 0 saturated heterocycles. The average Bonchev–Trinajstić information content (AvgIpc) is 2.72. The van der Waals surface area contributed by atoms with Crippen molar-refractivity contribution >= 4 is 23.5 Å². The first-order valence-corrected chi connectivity index (χ1v) is 7.32. The molecule has 2 atom stereocenters. The Morgan fingerprint density at radius 2 is 1.95 bits per heavy atom. The molecule has 2 unspecified atom stereocenters. The lowest BCUT2D eigenvalue weighted by Gasteiger charge is -2.33. The second kappa shape index (κ2) is 4.21. The minimum atomic E-state index is -0.239. The summed E-state index contributed by atoms with van der Waals surface area (Å²) in [5.41, 5.74) is 0.974. The standard InChI is InChI=1S/C17H19ClO/c1-16(2)13-8-10-17(16,15(19)11-13)9-7-12-3-5-14(18)6-4-12/h3-7,9,13H,8,10-11H2,1-2H3. The number of fused-ring (bicyclic) bond motifs is 2. The van der Waals surface area contributed by atoms with Crippen LogP contribution < -0.4 is 0 Å². The zero-order chi connectivity index (χ0) is 13.7. The summed E-state index contributed by atoms with van der Waals surface area (Å²) in [6.45, 7) is 4.50. The number of rotatable bonds is 2. The molecule has 2 aliphatic carbocycles. The zero-order valence-corrected chi connectivity index (χ0v) is 12.2. The molecule has 2 fully saturated rings. The molecule has 0 aromatic heterocycles. The molecule has 0 heterocycles. The van der Waals surface area contributed by atoms with Crippen molar-refractivity contribution in [1.29, 1.82) is 0 Å². The molecule has 0 spiro atoms. The van der Waals surface area contributed by atoms with Crippen LogP contribution in [-0.4, -0.2) is 5.78 Å². The highest BCUT2D eigenvalue weighted by Gasteiger charge is 2.62. The number of ketones is 1. The second-order valence-electron chi connectivity index (χ2n) is 6.44. The number of halogens is 1. The second-order valence-corrected chi connectivity index (χ2v) is 6.88. The van der Waals surface area contributed by atoms with Gasteiger partial charge in [-0.1, -0.05) is 49.7 Å². The van der Waals surface area contributed by atoms with Crippen LogP contribution in [0, 0.1) is 16.7 Å². The Balaban J connectivity index is 1.93. The maximum absolute atomic E-state index is 12.4. The van der Waals surface area contributed by atoms with Crippen LogP contribution in [0.4, 0.5) is 0 Å². The molecule has 3 rings (SSSR count). The molecule has 19 heavy (non-hydrogen) atoms. The lowest BCUT2D eigenvalue weighted by Crippen LogP contribution is -2.33. The van der Waals surface area contributed by atoms with E-state index in [-0.39, 0.29) is 10.8 Å². The number of Topliss-reactive ketones (excluding diaryl/α,β-unsaturated/α-hetero) is 1. The summed E-state index contributed by atoms with van der Waals surface area (Å²) in [6.07, 6.45) is 7.20. The van der Waals surface area contributed by atoms with E-state index in [0.29, 0.717) is 11.7 Å². The molecule has 100 valence electrons. The number of benzene rings is 1. The van der Waals surface area contributed by atoms with E-state index < -0.39 is 0 Å². The van der Waals surface area contributed by atoms with Gasteiger partial charge in [-0.05, 0) is 41.9 Å². The fourth-order valence-electron chi connectivity index (χ4n) is 3.91. The van der Waals surface area contributed by atoms with E-state index in [4.69, 9.17) is 11.6 Å². The van der Waals surface area contributed by atoms with Crippen molar-refractivity contribution in [3.63, 3.8) is 0 Å². The monoisotopic (exact) mass is 274 g/mol. The third-order valence-corrected chi connectivity index (χ3v) is 5.67. The van der Waals surface area contributed by atoms with Gasteiger partial charge in [0.2, 0.25) is 0 Å². The Labute approximate surface area is 119 Å². The molecular weight excluding hydrogens is 256 g/mol. The maximum Gasteiger partial charge on any atom is 0.143 e. The summed E-state index contributed by atoms with van der Waals surface area (Å²) in [5, 5.41) is 0.744. The first kappa shape index (κ1) is 12.9. The van der Waals surface area contributed by atoms with Gasteiger partial charge in [0.05, 0.1) is 5.41 Å². The predicted octanol–water partition coefficient (Wildman–Crippen LogP) is 4.75. The topological polar surface area (TPSA) is 17.1 Å².